The Morgan fingerprint density at radius 2 is 1.00 bits per heavy atom. The Kier molecular flexibility index (Phi) is 15.2. The second-order valence-electron chi connectivity index (χ2n) is 7.79. The summed E-state index contributed by atoms with van der Waals surface area (Å²) in [6.45, 7) is 4.25. The molecule has 0 aliphatic heterocycles. The number of hydrogen-bond donors (Lipinski definition) is 0. The van der Waals surface area contributed by atoms with Gasteiger partial charge in [0.1, 0.15) is 0 Å². The minimum Gasteiger partial charge on any atom is -1.00 e. The van der Waals surface area contributed by atoms with E-state index in [4.69, 9.17) is 0 Å². The van der Waals surface area contributed by atoms with Gasteiger partial charge in [-0.1, -0.05) is 47.6 Å². The maximum absolute atomic E-state index is 3.46. The molecule has 0 aromatic heterocycles. The number of rotatable bonds is 0. The zero-order valence-electron chi connectivity index (χ0n) is 20.0. The molecule has 0 heterocycles. The molecule has 0 nitrogen and oxygen atoms in total. The molecular formula is C30H28Cl2SiZr-4. The average molecular weight is 579 g/mol. The predicted octanol–water partition coefficient (Wildman–Crippen LogP) is 1.12. The molecule has 34 heavy (non-hydrogen) atoms. The van der Waals surface area contributed by atoms with Gasteiger partial charge in [-0.2, -0.15) is 0 Å². The maximum atomic E-state index is 3.46. The van der Waals surface area contributed by atoms with E-state index in [9.17, 15) is 0 Å². The Hall–Kier alpha value is -1.44. The summed E-state index contributed by atoms with van der Waals surface area (Å²) >= 11 is 0. The molecule has 4 aliphatic carbocycles. The van der Waals surface area contributed by atoms with Crippen molar-refractivity contribution in [3.63, 3.8) is 0 Å². The number of halogens is 2. The van der Waals surface area contributed by atoms with Gasteiger partial charge >= 0.3 is 26.2 Å². The van der Waals surface area contributed by atoms with Crippen LogP contribution in [0.15, 0.2) is 96.2 Å². The third kappa shape index (κ3) is 6.82. The van der Waals surface area contributed by atoms with Crippen LogP contribution in [-0.4, -0.2) is 11.0 Å². The first kappa shape index (κ1) is 34.7. The number of hydrogen-bond acceptors (Lipinski definition) is 0. The van der Waals surface area contributed by atoms with Gasteiger partial charge in [0.2, 0.25) is 0 Å². The Balaban J connectivity index is 0. The molecule has 2 aromatic carbocycles. The molecule has 0 saturated carbocycles. The van der Waals surface area contributed by atoms with Gasteiger partial charge in [-0.3, -0.25) is 0 Å². The Morgan fingerprint density at radius 3 is 1.38 bits per heavy atom. The molecule has 4 heteroatoms. The first-order valence-electron chi connectivity index (χ1n) is 9.87. The fourth-order valence-corrected chi connectivity index (χ4v) is 4.28. The van der Waals surface area contributed by atoms with Crippen molar-refractivity contribution in [2.24, 2.45) is 0 Å². The van der Waals surface area contributed by atoms with Gasteiger partial charge in [-0.25, -0.2) is 0 Å². The topological polar surface area (TPSA) is 0 Å². The second kappa shape index (κ2) is 14.8. The predicted molar refractivity (Wildman–Crippen MR) is 135 cm³/mol. The standard InChI is InChI=1S/2C14H11.2CH3.2ClH.Si.Zr/c2*1-10-6-7-14-12(8-10)9-11-4-2-3-5-13(11)14;;;;;;/h2*2-8,13H,1H3;2*1H3;2*1H;;/q4*-1;;;;+2/p-2. The molecule has 6 rings (SSSR count). The number of fused-ring (bicyclic) bond motifs is 6. The van der Waals surface area contributed by atoms with Crippen molar-refractivity contribution in [3.05, 3.63) is 157 Å². The van der Waals surface area contributed by atoms with Crippen LogP contribution < -0.4 is 24.8 Å². The molecule has 0 fully saturated rings. The van der Waals surface area contributed by atoms with Crippen LogP contribution in [0.4, 0.5) is 0 Å². The van der Waals surface area contributed by atoms with Crippen LogP contribution in [0, 0.1) is 40.9 Å². The van der Waals surface area contributed by atoms with Crippen LogP contribution in [0.1, 0.15) is 45.2 Å². The third-order valence-electron chi connectivity index (χ3n) is 5.70. The Labute approximate surface area is 242 Å². The fraction of sp³-hybridized carbons (Fsp3) is 0.133. The van der Waals surface area contributed by atoms with E-state index in [1.807, 2.05) is 0 Å². The van der Waals surface area contributed by atoms with Crippen LogP contribution >= 0.6 is 0 Å². The fourth-order valence-electron chi connectivity index (χ4n) is 4.28. The van der Waals surface area contributed by atoms with Gasteiger partial charge in [0.05, 0.1) is 0 Å². The number of aryl methyl sites for hydroxylation is 2. The van der Waals surface area contributed by atoms with Gasteiger partial charge in [-0.15, -0.1) is 94.1 Å². The summed E-state index contributed by atoms with van der Waals surface area (Å²) in [4.78, 5) is 0. The quantitative estimate of drug-likeness (QED) is 0.325. The molecular weight excluding hydrogens is 551 g/mol. The monoisotopic (exact) mass is 576 g/mol. The summed E-state index contributed by atoms with van der Waals surface area (Å²) in [5.41, 5.74) is 10.5. The molecule has 0 spiro atoms. The Bertz CT molecular complexity index is 1060. The van der Waals surface area contributed by atoms with Crippen LogP contribution in [0.3, 0.4) is 0 Å². The van der Waals surface area contributed by atoms with Crippen molar-refractivity contribution in [3.8, 4) is 0 Å². The normalized spacial score (nSPS) is 17.9. The van der Waals surface area contributed by atoms with E-state index in [0.29, 0.717) is 11.8 Å². The molecule has 0 saturated heterocycles. The summed E-state index contributed by atoms with van der Waals surface area (Å²) in [6.07, 6.45) is 24.1. The zero-order chi connectivity index (χ0) is 19.1. The van der Waals surface area contributed by atoms with E-state index in [0.717, 1.165) is 0 Å². The van der Waals surface area contributed by atoms with Crippen LogP contribution in [-0.2, 0) is 26.2 Å². The van der Waals surface area contributed by atoms with E-state index >= 15 is 0 Å². The van der Waals surface area contributed by atoms with E-state index in [2.05, 4.69) is 111 Å². The van der Waals surface area contributed by atoms with E-state index < -0.39 is 0 Å². The third-order valence-corrected chi connectivity index (χ3v) is 5.70. The van der Waals surface area contributed by atoms with Crippen LogP contribution in [0.2, 0.25) is 0 Å². The SMILES string of the molecule is Cc1ccc2c(c1)[C-]=C1C=CC=CC12.Cc1ccc2c(c1)[C-]=C1C=CC=CC12.[CH3-].[CH3-].[Cl-].[Cl-].[Si].[Zr+2]. The van der Waals surface area contributed by atoms with E-state index in [1.165, 1.54) is 44.5 Å². The van der Waals surface area contributed by atoms with E-state index in [-0.39, 0.29) is 76.8 Å². The van der Waals surface area contributed by atoms with E-state index in [1.54, 1.807) is 0 Å². The summed E-state index contributed by atoms with van der Waals surface area (Å²) in [7, 11) is 0. The number of allylic oxidation sites excluding steroid dienone is 10. The van der Waals surface area contributed by atoms with Gasteiger partial charge in [0.25, 0.3) is 0 Å². The largest absolute Gasteiger partial charge is 2.00 e. The molecule has 0 amide bonds. The zero-order valence-corrected chi connectivity index (χ0v) is 25.0. The first-order valence-corrected chi connectivity index (χ1v) is 9.87. The average Bonchev–Trinajstić information content (AvgIpc) is 3.25. The number of benzene rings is 2. The first-order chi connectivity index (χ1) is 13.7. The molecule has 2 atom stereocenters. The summed E-state index contributed by atoms with van der Waals surface area (Å²) in [6, 6.07) is 13.2. The summed E-state index contributed by atoms with van der Waals surface area (Å²) in [5, 5.41) is 0. The smallest absolute Gasteiger partial charge is 1.00 e. The molecule has 0 N–H and O–H groups in total. The van der Waals surface area contributed by atoms with Crippen molar-refractivity contribution in [1.82, 2.24) is 0 Å². The molecule has 2 aromatic rings. The molecule has 4 radical (unpaired) electrons. The summed E-state index contributed by atoms with van der Waals surface area (Å²) < 4.78 is 0. The van der Waals surface area contributed by atoms with Gasteiger partial charge in [-0.05, 0) is 25.7 Å². The van der Waals surface area contributed by atoms with Gasteiger partial charge in [0, 0.05) is 11.0 Å². The molecule has 4 aliphatic rings. The van der Waals surface area contributed by atoms with Crippen LogP contribution in [0.25, 0.3) is 0 Å². The van der Waals surface area contributed by atoms with Crippen molar-refractivity contribution in [2.75, 3.05) is 0 Å². The maximum Gasteiger partial charge on any atom is 2.00 e. The minimum absolute atomic E-state index is 0. The van der Waals surface area contributed by atoms with Gasteiger partial charge in [0.15, 0.2) is 0 Å². The van der Waals surface area contributed by atoms with Crippen molar-refractivity contribution >= 4 is 11.0 Å². The second-order valence-corrected chi connectivity index (χ2v) is 7.79. The van der Waals surface area contributed by atoms with Crippen molar-refractivity contribution < 1.29 is 51.0 Å². The molecule has 174 valence electrons. The molecule has 2 unspecified atom stereocenters. The Morgan fingerprint density at radius 1 is 0.618 bits per heavy atom. The van der Waals surface area contributed by atoms with Crippen molar-refractivity contribution in [1.29, 1.82) is 0 Å². The van der Waals surface area contributed by atoms with Crippen molar-refractivity contribution in [2.45, 2.75) is 25.7 Å². The summed E-state index contributed by atoms with van der Waals surface area (Å²) in [5.74, 6) is 0.909. The van der Waals surface area contributed by atoms with Gasteiger partial charge < -0.3 is 39.7 Å². The van der Waals surface area contributed by atoms with Crippen LogP contribution in [0.5, 0.6) is 0 Å². The minimum atomic E-state index is 0. The molecule has 0 bridgehead atoms.